The van der Waals surface area contributed by atoms with Gasteiger partial charge in [0.05, 0.1) is 24.8 Å². The maximum absolute atomic E-state index is 13.1. The third-order valence-electron chi connectivity index (χ3n) is 5.68. The fraction of sp³-hybridized carbons (Fsp3) is 0.381. The highest BCUT2D eigenvalue weighted by Gasteiger charge is 2.51. The molecule has 29 heavy (non-hydrogen) atoms. The summed E-state index contributed by atoms with van der Waals surface area (Å²) in [6, 6.07) is 10.3. The van der Waals surface area contributed by atoms with E-state index in [0.29, 0.717) is 32.6 Å². The van der Waals surface area contributed by atoms with Crippen LogP contribution in [0.1, 0.15) is 39.5 Å². The quantitative estimate of drug-likeness (QED) is 0.730. The van der Waals surface area contributed by atoms with Gasteiger partial charge in [0.25, 0.3) is 5.91 Å². The van der Waals surface area contributed by atoms with E-state index < -0.39 is 11.4 Å². The maximum Gasteiger partial charge on any atom is 0.356 e. The van der Waals surface area contributed by atoms with Crippen molar-refractivity contribution in [3.8, 4) is 0 Å². The second-order valence-electron chi connectivity index (χ2n) is 7.45. The van der Waals surface area contributed by atoms with E-state index in [9.17, 15) is 14.4 Å². The van der Waals surface area contributed by atoms with Crippen molar-refractivity contribution in [1.29, 1.82) is 0 Å². The summed E-state index contributed by atoms with van der Waals surface area (Å²) >= 11 is 0. The first-order valence-electron chi connectivity index (χ1n) is 9.56. The van der Waals surface area contributed by atoms with Gasteiger partial charge in [-0.25, -0.2) is 9.78 Å². The summed E-state index contributed by atoms with van der Waals surface area (Å²) in [6.45, 7) is 2.01. The molecule has 2 aromatic heterocycles. The Morgan fingerprint density at radius 3 is 2.66 bits per heavy atom. The van der Waals surface area contributed by atoms with Crippen molar-refractivity contribution in [2.24, 2.45) is 5.41 Å². The molecule has 8 heteroatoms. The second kappa shape index (κ2) is 7.62. The molecule has 0 aliphatic carbocycles. The van der Waals surface area contributed by atoms with Gasteiger partial charge in [0.15, 0.2) is 0 Å². The highest BCUT2D eigenvalue weighted by Crippen LogP contribution is 2.41. The fourth-order valence-corrected chi connectivity index (χ4v) is 4.09. The Morgan fingerprint density at radius 2 is 1.90 bits per heavy atom. The van der Waals surface area contributed by atoms with Crippen molar-refractivity contribution in [3.63, 3.8) is 0 Å². The van der Waals surface area contributed by atoms with E-state index in [1.54, 1.807) is 23.2 Å². The topological polar surface area (TPSA) is 92.7 Å². The van der Waals surface area contributed by atoms with E-state index in [1.165, 1.54) is 13.2 Å². The normalized spacial score (nSPS) is 21.1. The van der Waals surface area contributed by atoms with Crippen molar-refractivity contribution in [2.45, 2.75) is 19.4 Å². The molecule has 2 aromatic rings. The number of hydrogen-bond acceptors (Lipinski definition) is 6. The molecule has 1 atom stereocenters. The lowest BCUT2D eigenvalue weighted by molar-refractivity contribution is -0.136. The highest BCUT2D eigenvalue weighted by molar-refractivity contribution is 5.95. The molecule has 2 aliphatic heterocycles. The van der Waals surface area contributed by atoms with Gasteiger partial charge in [-0.1, -0.05) is 12.1 Å². The van der Waals surface area contributed by atoms with Crippen molar-refractivity contribution in [2.75, 3.05) is 26.7 Å². The molecule has 2 fully saturated rings. The van der Waals surface area contributed by atoms with Gasteiger partial charge >= 0.3 is 5.97 Å². The van der Waals surface area contributed by atoms with Crippen LogP contribution < -0.4 is 0 Å². The number of likely N-dealkylation sites (tertiary alicyclic amines) is 2. The van der Waals surface area contributed by atoms with E-state index in [4.69, 9.17) is 0 Å². The van der Waals surface area contributed by atoms with Gasteiger partial charge in [0, 0.05) is 25.8 Å². The van der Waals surface area contributed by atoms with Crippen molar-refractivity contribution in [3.05, 3.63) is 59.7 Å². The van der Waals surface area contributed by atoms with Gasteiger partial charge in [-0.05, 0) is 37.1 Å². The molecule has 0 aromatic carbocycles. The molecule has 150 valence electrons. The van der Waals surface area contributed by atoms with Gasteiger partial charge in [0.1, 0.15) is 11.4 Å². The maximum atomic E-state index is 13.1. The van der Waals surface area contributed by atoms with Crippen LogP contribution in [-0.2, 0) is 16.1 Å². The SMILES string of the molecule is COC(=O)c1cccc(C(=O)N2CCC3(CCN(Cc4ccccn4)C3=O)C2)n1. The van der Waals surface area contributed by atoms with Crippen LogP contribution in [0.15, 0.2) is 42.6 Å². The second-order valence-corrected chi connectivity index (χ2v) is 7.45. The molecule has 1 unspecified atom stereocenters. The van der Waals surface area contributed by atoms with E-state index in [1.807, 2.05) is 23.1 Å². The molecule has 0 radical (unpaired) electrons. The Labute approximate surface area is 168 Å². The summed E-state index contributed by atoms with van der Waals surface area (Å²) in [7, 11) is 1.27. The Hall–Kier alpha value is -3.29. The Bertz CT molecular complexity index is 949. The molecule has 4 heterocycles. The lowest BCUT2D eigenvalue weighted by Gasteiger charge is -2.23. The van der Waals surface area contributed by atoms with Crippen LogP contribution in [0.4, 0.5) is 0 Å². The summed E-state index contributed by atoms with van der Waals surface area (Å²) in [5.41, 5.74) is 0.587. The molecule has 0 saturated carbocycles. The number of ether oxygens (including phenoxy) is 1. The van der Waals surface area contributed by atoms with Gasteiger partial charge in [-0.3, -0.25) is 14.6 Å². The summed E-state index contributed by atoms with van der Waals surface area (Å²) < 4.78 is 4.67. The minimum Gasteiger partial charge on any atom is -0.464 e. The number of aromatic nitrogens is 2. The molecule has 1 spiro atoms. The monoisotopic (exact) mass is 394 g/mol. The van der Waals surface area contributed by atoms with Crippen molar-refractivity contribution in [1.82, 2.24) is 19.8 Å². The number of amides is 2. The number of nitrogens with zero attached hydrogens (tertiary/aromatic N) is 4. The fourth-order valence-electron chi connectivity index (χ4n) is 4.09. The predicted octanol–water partition coefficient (Wildman–Crippen LogP) is 1.53. The predicted molar refractivity (Wildman–Crippen MR) is 103 cm³/mol. The number of pyridine rings is 2. The third kappa shape index (κ3) is 3.57. The van der Waals surface area contributed by atoms with E-state index >= 15 is 0 Å². The average molecular weight is 394 g/mol. The zero-order valence-corrected chi connectivity index (χ0v) is 16.2. The molecule has 0 N–H and O–H groups in total. The Balaban J connectivity index is 1.45. The van der Waals surface area contributed by atoms with Crippen LogP contribution in [-0.4, -0.2) is 64.3 Å². The molecule has 2 aliphatic rings. The standard InChI is InChI=1S/C21H22N4O4/c1-29-19(27)17-7-4-6-16(23-17)18(26)25-12-9-21(14-25)8-11-24(20(21)28)13-15-5-2-3-10-22-15/h2-7,10H,8-9,11-14H2,1H3. The molecule has 2 saturated heterocycles. The molecule has 0 bridgehead atoms. The zero-order valence-electron chi connectivity index (χ0n) is 16.2. The average Bonchev–Trinajstić information content (AvgIpc) is 3.33. The van der Waals surface area contributed by atoms with E-state index in [-0.39, 0.29) is 23.2 Å². The van der Waals surface area contributed by atoms with Crippen LogP contribution in [0.3, 0.4) is 0 Å². The van der Waals surface area contributed by atoms with Crippen LogP contribution in [0, 0.1) is 5.41 Å². The van der Waals surface area contributed by atoms with E-state index in [0.717, 1.165) is 12.1 Å². The first kappa shape index (κ1) is 19.0. The van der Waals surface area contributed by atoms with Gasteiger partial charge in [-0.2, -0.15) is 0 Å². The summed E-state index contributed by atoms with van der Waals surface area (Å²) in [4.78, 5) is 49.6. The number of carbonyl (C=O) groups is 3. The number of rotatable bonds is 4. The number of hydrogen-bond donors (Lipinski definition) is 0. The minimum absolute atomic E-state index is 0.0784. The first-order chi connectivity index (χ1) is 14.0. The van der Waals surface area contributed by atoms with Gasteiger partial charge in [-0.15, -0.1) is 0 Å². The summed E-state index contributed by atoms with van der Waals surface area (Å²) in [5, 5.41) is 0. The molecular formula is C21H22N4O4. The molecule has 8 nitrogen and oxygen atoms in total. The number of methoxy groups -OCH3 is 1. The highest BCUT2D eigenvalue weighted by atomic mass is 16.5. The molecule has 2 amide bonds. The molecule has 4 rings (SSSR count). The Kier molecular flexibility index (Phi) is 5.00. The summed E-state index contributed by atoms with van der Waals surface area (Å²) in [5.74, 6) is -0.785. The first-order valence-corrected chi connectivity index (χ1v) is 9.56. The van der Waals surface area contributed by atoms with Gasteiger partial charge < -0.3 is 14.5 Å². The Morgan fingerprint density at radius 1 is 1.10 bits per heavy atom. The van der Waals surface area contributed by atoms with Crippen molar-refractivity contribution >= 4 is 17.8 Å². The van der Waals surface area contributed by atoms with Gasteiger partial charge in [0.2, 0.25) is 5.91 Å². The minimum atomic E-state index is -0.589. The lowest BCUT2D eigenvalue weighted by atomic mass is 9.85. The van der Waals surface area contributed by atoms with Crippen LogP contribution in [0.25, 0.3) is 0 Å². The smallest absolute Gasteiger partial charge is 0.356 e. The zero-order chi connectivity index (χ0) is 20.4. The largest absolute Gasteiger partial charge is 0.464 e. The summed E-state index contributed by atoms with van der Waals surface area (Å²) in [6.07, 6.45) is 3.07. The number of esters is 1. The van der Waals surface area contributed by atoms with E-state index in [2.05, 4.69) is 14.7 Å². The van der Waals surface area contributed by atoms with Crippen molar-refractivity contribution < 1.29 is 19.1 Å². The lowest BCUT2D eigenvalue weighted by Crippen LogP contribution is -2.38. The third-order valence-corrected chi connectivity index (χ3v) is 5.68. The number of carbonyl (C=O) groups excluding carboxylic acids is 3. The van der Waals surface area contributed by atoms with Crippen LogP contribution in [0.2, 0.25) is 0 Å². The van der Waals surface area contributed by atoms with Crippen LogP contribution >= 0.6 is 0 Å². The molecular weight excluding hydrogens is 372 g/mol. The van der Waals surface area contributed by atoms with Crippen LogP contribution in [0.5, 0.6) is 0 Å².